The largest absolute Gasteiger partial charge is 0.497 e. The van der Waals surface area contributed by atoms with Crippen molar-refractivity contribution in [1.29, 1.82) is 0 Å². The highest BCUT2D eigenvalue weighted by atomic mass is 16.5. The van der Waals surface area contributed by atoms with E-state index in [9.17, 15) is 4.79 Å². The third kappa shape index (κ3) is 1.39. The standard InChI is InChI=1S/C10H11NO3/c1-6-10(12)14-9-5-7(13-2)3-4-8(9)11-6/h3-6,11H,1-2H3. The number of methoxy groups -OCH3 is 1. The number of ether oxygens (including phenoxy) is 2. The fourth-order valence-electron chi connectivity index (χ4n) is 1.32. The molecule has 0 fully saturated rings. The summed E-state index contributed by atoms with van der Waals surface area (Å²) in [5.74, 6) is 0.922. The molecule has 0 amide bonds. The average molecular weight is 193 g/mol. The lowest BCUT2D eigenvalue weighted by Crippen LogP contribution is -2.34. The Morgan fingerprint density at radius 1 is 1.50 bits per heavy atom. The summed E-state index contributed by atoms with van der Waals surface area (Å²) in [7, 11) is 1.57. The van der Waals surface area contributed by atoms with Crippen molar-refractivity contribution in [3.63, 3.8) is 0 Å². The quantitative estimate of drug-likeness (QED) is 0.541. The number of hydrogen-bond acceptors (Lipinski definition) is 4. The van der Waals surface area contributed by atoms with Gasteiger partial charge in [0.05, 0.1) is 12.8 Å². The summed E-state index contributed by atoms with van der Waals surface area (Å²) in [4.78, 5) is 11.2. The highest BCUT2D eigenvalue weighted by Crippen LogP contribution is 2.32. The van der Waals surface area contributed by atoms with E-state index in [-0.39, 0.29) is 12.0 Å². The molecule has 1 aromatic rings. The molecule has 74 valence electrons. The number of benzene rings is 1. The van der Waals surface area contributed by atoms with Crippen LogP contribution in [0.1, 0.15) is 6.92 Å². The van der Waals surface area contributed by atoms with E-state index >= 15 is 0 Å². The van der Waals surface area contributed by atoms with Crippen LogP contribution in [0.2, 0.25) is 0 Å². The second-order valence-electron chi connectivity index (χ2n) is 3.15. The van der Waals surface area contributed by atoms with Gasteiger partial charge in [-0.25, -0.2) is 4.79 Å². The maximum Gasteiger partial charge on any atom is 0.333 e. The minimum atomic E-state index is -0.295. The monoisotopic (exact) mass is 193 g/mol. The van der Waals surface area contributed by atoms with E-state index in [1.165, 1.54) is 0 Å². The van der Waals surface area contributed by atoms with Gasteiger partial charge < -0.3 is 14.8 Å². The van der Waals surface area contributed by atoms with Gasteiger partial charge in [0.15, 0.2) is 5.75 Å². The van der Waals surface area contributed by atoms with Crippen LogP contribution >= 0.6 is 0 Å². The number of nitrogens with one attached hydrogen (secondary N) is 1. The Kier molecular flexibility index (Phi) is 2.04. The number of carbonyl (C=O) groups is 1. The van der Waals surface area contributed by atoms with Crippen LogP contribution in [0.25, 0.3) is 0 Å². The molecule has 0 radical (unpaired) electrons. The molecule has 0 aromatic heterocycles. The van der Waals surface area contributed by atoms with Gasteiger partial charge in [-0.2, -0.15) is 0 Å². The van der Waals surface area contributed by atoms with Gasteiger partial charge in [0.2, 0.25) is 0 Å². The van der Waals surface area contributed by atoms with E-state index in [2.05, 4.69) is 5.32 Å². The lowest BCUT2D eigenvalue weighted by Gasteiger charge is -2.22. The maximum atomic E-state index is 11.2. The molecule has 0 aliphatic carbocycles. The summed E-state index contributed by atoms with van der Waals surface area (Å²) in [6.07, 6.45) is 0. The van der Waals surface area contributed by atoms with Crippen LogP contribution in [-0.4, -0.2) is 19.1 Å². The Balaban J connectivity index is 2.37. The molecule has 14 heavy (non-hydrogen) atoms. The Labute approximate surface area is 81.8 Å². The number of carbonyl (C=O) groups excluding carboxylic acids is 1. The van der Waals surface area contributed by atoms with Crippen LogP contribution < -0.4 is 14.8 Å². The van der Waals surface area contributed by atoms with Gasteiger partial charge in [-0.1, -0.05) is 0 Å². The van der Waals surface area contributed by atoms with E-state index in [0.29, 0.717) is 11.5 Å². The third-order valence-corrected chi connectivity index (χ3v) is 2.12. The zero-order chi connectivity index (χ0) is 10.1. The zero-order valence-electron chi connectivity index (χ0n) is 8.03. The minimum absolute atomic E-state index is 0.272. The van der Waals surface area contributed by atoms with E-state index in [0.717, 1.165) is 5.69 Å². The molecule has 2 rings (SSSR count). The smallest absolute Gasteiger partial charge is 0.333 e. The van der Waals surface area contributed by atoms with Crippen LogP contribution in [0, 0.1) is 0 Å². The number of esters is 1. The average Bonchev–Trinajstić information content (AvgIpc) is 2.19. The Morgan fingerprint density at radius 2 is 2.29 bits per heavy atom. The number of fused-ring (bicyclic) bond motifs is 1. The van der Waals surface area contributed by atoms with Crippen LogP contribution in [0.3, 0.4) is 0 Å². The Bertz CT molecular complexity index is 376. The van der Waals surface area contributed by atoms with Crippen molar-refractivity contribution in [1.82, 2.24) is 0 Å². The van der Waals surface area contributed by atoms with Crippen molar-refractivity contribution in [2.45, 2.75) is 13.0 Å². The first-order valence-corrected chi connectivity index (χ1v) is 4.37. The van der Waals surface area contributed by atoms with Gasteiger partial charge in [-0.15, -0.1) is 0 Å². The van der Waals surface area contributed by atoms with Crippen molar-refractivity contribution in [2.24, 2.45) is 0 Å². The molecule has 1 atom stereocenters. The number of rotatable bonds is 1. The molecule has 1 aliphatic heterocycles. The van der Waals surface area contributed by atoms with Gasteiger partial charge in [0, 0.05) is 6.07 Å². The molecule has 1 unspecified atom stereocenters. The van der Waals surface area contributed by atoms with Crippen molar-refractivity contribution >= 4 is 11.7 Å². The lowest BCUT2D eigenvalue weighted by atomic mass is 10.2. The molecular formula is C10H11NO3. The van der Waals surface area contributed by atoms with Crippen LogP contribution in [0.15, 0.2) is 18.2 Å². The van der Waals surface area contributed by atoms with Crippen molar-refractivity contribution in [2.75, 3.05) is 12.4 Å². The van der Waals surface area contributed by atoms with E-state index in [1.54, 1.807) is 20.1 Å². The normalized spacial score (nSPS) is 19.3. The topological polar surface area (TPSA) is 47.6 Å². The Morgan fingerprint density at radius 3 is 3.00 bits per heavy atom. The molecule has 1 N–H and O–H groups in total. The zero-order valence-corrected chi connectivity index (χ0v) is 8.03. The first kappa shape index (κ1) is 8.87. The molecule has 4 nitrogen and oxygen atoms in total. The molecule has 1 heterocycles. The Hall–Kier alpha value is -1.71. The SMILES string of the molecule is COc1ccc2c(c1)OC(=O)C(C)N2. The van der Waals surface area contributed by atoms with Gasteiger partial charge in [0.1, 0.15) is 11.8 Å². The minimum Gasteiger partial charge on any atom is -0.497 e. The molecular weight excluding hydrogens is 182 g/mol. The molecule has 0 saturated heterocycles. The number of hydrogen-bond donors (Lipinski definition) is 1. The predicted molar refractivity (Wildman–Crippen MR) is 51.7 cm³/mol. The molecule has 0 bridgehead atoms. The van der Waals surface area contributed by atoms with Gasteiger partial charge in [0.25, 0.3) is 0 Å². The second kappa shape index (κ2) is 3.21. The fraction of sp³-hybridized carbons (Fsp3) is 0.300. The van der Waals surface area contributed by atoms with Crippen LogP contribution in [0.4, 0.5) is 5.69 Å². The van der Waals surface area contributed by atoms with Crippen molar-refractivity contribution < 1.29 is 14.3 Å². The van der Waals surface area contributed by atoms with E-state index < -0.39 is 0 Å². The second-order valence-corrected chi connectivity index (χ2v) is 3.15. The third-order valence-electron chi connectivity index (χ3n) is 2.12. The summed E-state index contributed by atoms with van der Waals surface area (Å²) >= 11 is 0. The summed E-state index contributed by atoms with van der Waals surface area (Å²) in [6, 6.07) is 5.04. The van der Waals surface area contributed by atoms with Gasteiger partial charge in [-0.05, 0) is 19.1 Å². The lowest BCUT2D eigenvalue weighted by molar-refractivity contribution is -0.135. The highest BCUT2D eigenvalue weighted by molar-refractivity contribution is 5.86. The van der Waals surface area contributed by atoms with E-state index in [1.807, 2.05) is 12.1 Å². The molecule has 0 spiro atoms. The molecule has 4 heteroatoms. The van der Waals surface area contributed by atoms with Crippen LogP contribution in [-0.2, 0) is 4.79 Å². The first-order valence-electron chi connectivity index (χ1n) is 4.37. The fourth-order valence-corrected chi connectivity index (χ4v) is 1.32. The summed E-state index contributed by atoms with van der Waals surface area (Å²) in [6.45, 7) is 1.76. The van der Waals surface area contributed by atoms with Gasteiger partial charge >= 0.3 is 5.97 Å². The molecule has 1 aliphatic rings. The molecule has 0 saturated carbocycles. The summed E-state index contributed by atoms with van der Waals surface area (Å²) in [5.41, 5.74) is 0.818. The van der Waals surface area contributed by atoms with E-state index in [4.69, 9.17) is 9.47 Å². The van der Waals surface area contributed by atoms with Gasteiger partial charge in [-0.3, -0.25) is 0 Å². The van der Waals surface area contributed by atoms with Crippen molar-refractivity contribution in [3.8, 4) is 11.5 Å². The van der Waals surface area contributed by atoms with Crippen molar-refractivity contribution in [3.05, 3.63) is 18.2 Å². The number of anilines is 1. The maximum absolute atomic E-state index is 11.2. The molecule has 1 aromatic carbocycles. The summed E-state index contributed by atoms with van der Waals surface area (Å²) < 4.78 is 10.1. The first-order chi connectivity index (χ1) is 6.70. The highest BCUT2D eigenvalue weighted by Gasteiger charge is 2.23. The van der Waals surface area contributed by atoms with Crippen LogP contribution in [0.5, 0.6) is 11.5 Å². The summed E-state index contributed by atoms with van der Waals surface area (Å²) in [5, 5.41) is 3.03. The predicted octanol–water partition coefficient (Wildman–Crippen LogP) is 1.41.